The summed E-state index contributed by atoms with van der Waals surface area (Å²) in [7, 11) is 0. The van der Waals surface area contributed by atoms with Gasteiger partial charge in [0.05, 0.1) is 0 Å². The summed E-state index contributed by atoms with van der Waals surface area (Å²) >= 11 is 0. The number of Topliss-reactive ketones (excluding diaryl/α,β-unsaturated/α-hetero) is 1. The summed E-state index contributed by atoms with van der Waals surface area (Å²) in [4.78, 5) is 12.1. The average Bonchev–Trinajstić information content (AvgIpc) is 2.50. The fourth-order valence-corrected chi connectivity index (χ4v) is 2.31. The van der Waals surface area contributed by atoms with Crippen molar-refractivity contribution < 1.29 is 4.79 Å². The van der Waals surface area contributed by atoms with Gasteiger partial charge in [-0.25, -0.2) is 0 Å². The van der Waals surface area contributed by atoms with Gasteiger partial charge < -0.3 is 0 Å². The first-order valence-corrected chi connectivity index (χ1v) is 7.45. The molecule has 2 aromatic carbocycles. The molecule has 0 fully saturated rings. The van der Waals surface area contributed by atoms with Gasteiger partial charge in [0.1, 0.15) is 0 Å². The van der Waals surface area contributed by atoms with Crippen LogP contribution in [0, 0.1) is 0 Å². The summed E-state index contributed by atoms with van der Waals surface area (Å²) in [6.45, 7) is 2.22. The lowest BCUT2D eigenvalue weighted by molar-refractivity contribution is 0.0993. The van der Waals surface area contributed by atoms with E-state index in [0.29, 0.717) is 6.42 Å². The van der Waals surface area contributed by atoms with Crippen LogP contribution in [0.2, 0.25) is 0 Å². The van der Waals surface area contributed by atoms with E-state index >= 15 is 0 Å². The first-order valence-electron chi connectivity index (χ1n) is 7.45. The highest BCUT2D eigenvalue weighted by atomic mass is 16.1. The zero-order valence-corrected chi connectivity index (χ0v) is 12.1. The van der Waals surface area contributed by atoms with Crippen molar-refractivity contribution in [1.82, 2.24) is 0 Å². The second-order valence-electron chi connectivity index (χ2n) is 5.24. The van der Waals surface area contributed by atoms with Crippen LogP contribution < -0.4 is 0 Å². The van der Waals surface area contributed by atoms with E-state index in [-0.39, 0.29) is 5.78 Å². The topological polar surface area (TPSA) is 17.1 Å². The van der Waals surface area contributed by atoms with E-state index in [4.69, 9.17) is 0 Å². The maximum atomic E-state index is 12.1. The fourth-order valence-electron chi connectivity index (χ4n) is 2.31. The van der Waals surface area contributed by atoms with Gasteiger partial charge in [-0.05, 0) is 24.0 Å². The lowest BCUT2D eigenvalue weighted by Crippen LogP contribution is -2.03. The summed E-state index contributed by atoms with van der Waals surface area (Å²) in [6, 6.07) is 18.0. The Labute approximate surface area is 121 Å². The number of carbonyl (C=O) groups excluding carboxylic acids is 1. The number of benzene rings is 2. The smallest absolute Gasteiger partial charge is 0.167 e. The van der Waals surface area contributed by atoms with Crippen molar-refractivity contribution in [3.8, 4) is 0 Å². The molecule has 0 bridgehead atoms. The zero-order chi connectivity index (χ0) is 14.2. The lowest BCUT2D eigenvalue weighted by atomic mass is 10.0. The Kier molecular flexibility index (Phi) is 5.55. The molecule has 0 aliphatic carbocycles. The van der Waals surface area contributed by atoms with Crippen molar-refractivity contribution in [2.24, 2.45) is 0 Å². The third-order valence-electron chi connectivity index (χ3n) is 3.55. The molecule has 0 radical (unpaired) electrons. The van der Waals surface area contributed by atoms with Crippen LogP contribution in [0.15, 0.2) is 54.6 Å². The monoisotopic (exact) mass is 266 g/mol. The van der Waals surface area contributed by atoms with Gasteiger partial charge in [-0.3, -0.25) is 4.79 Å². The summed E-state index contributed by atoms with van der Waals surface area (Å²) in [5.74, 6) is 0.185. The van der Waals surface area contributed by atoms with Crippen molar-refractivity contribution in [3.63, 3.8) is 0 Å². The Balaban J connectivity index is 1.92. The van der Waals surface area contributed by atoms with Crippen molar-refractivity contribution in [2.45, 2.75) is 39.0 Å². The second-order valence-corrected chi connectivity index (χ2v) is 5.24. The summed E-state index contributed by atoms with van der Waals surface area (Å²) in [6.07, 6.45) is 5.41. The molecular weight excluding hydrogens is 244 g/mol. The van der Waals surface area contributed by atoms with Crippen LogP contribution in [0.5, 0.6) is 0 Å². The number of hydrogen-bond acceptors (Lipinski definition) is 1. The standard InChI is InChI=1S/C19H22O/c1-2-3-5-8-16-11-13-17(14-12-16)15-19(20)18-9-6-4-7-10-18/h4,6-7,9-14H,2-3,5,8,15H2,1H3. The van der Waals surface area contributed by atoms with E-state index in [1.807, 2.05) is 30.3 Å². The number of hydrogen-bond donors (Lipinski definition) is 0. The molecule has 0 aromatic heterocycles. The Hall–Kier alpha value is -1.89. The molecule has 0 aliphatic heterocycles. The van der Waals surface area contributed by atoms with Gasteiger partial charge in [-0.15, -0.1) is 0 Å². The van der Waals surface area contributed by atoms with Crippen LogP contribution in [-0.2, 0) is 12.8 Å². The van der Waals surface area contributed by atoms with Crippen LogP contribution in [0.1, 0.15) is 47.7 Å². The first kappa shape index (κ1) is 14.5. The molecule has 0 N–H and O–H groups in total. The molecule has 2 aromatic rings. The SMILES string of the molecule is CCCCCc1ccc(CC(=O)c2ccccc2)cc1. The predicted molar refractivity (Wildman–Crippen MR) is 84.1 cm³/mol. The van der Waals surface area contributed by atoms with Crippen molar-refractivity contribution in [2.75, 3.05) is 0 Å². The minimum atomic E-state index is 0.185. The predicted octanol–water partition coefficient (Wildman–Crippen LogP) is 4.84. The van der Waals surface area contributed by atoms with Gasteiger partial charge in [0.25, 0.3) is 0 Å². The lowest BCUT2D eigenvalue weighted by Gasteiger charge is -2.04. The third-order valence-corrected chi connectivity index (χ3v) is 3.55. The van der Waals surface area contributed by atoms with E-state index < -0.39 is 0 Å². The molecule has 0 amide bonds. The highest BCUT2D eigenvalue weighted by Gasteiger charge is 2.06. The van der Waals surface area contributed by atoms with E-state index in [1.165, 1.54) is 24.8 Å². The van der Waals surface area contributed by atoms with Crippen LogP contribution >= 0.6 is 0 Å². The molecule has 0 aliphatic rings. The quantitative estimate of drug-likeness (QED) is 0.517. The van der Waals surface area contributed by atoms with Crippen molar-refractivity contribution >= 4 is 5.78 Å². The van der Waals surface area contributed by atoms with E-state index in [2.05, 4.69) is 31.2 Å². The van der Waals surface area contributed by atoms with Crippen LogP contribution in [-0.4, -0.2) is 5.78 Å². The molecule has 0 atom stereocenters. The van der Waals surface area contributed by atoms with E-state index in [1.54, 1.807) is 0 Å². The number of ketones is 1. The second kappa shape index (κ2) is 7.64. The van der Waals surface area contributed by atoms with Gasteiger partial charge in [-0.1, -0.05) is 74.4 Å². The highest BCUT2D eigenvalue weighted by molar-refractivity contribution is 5.97. The molecule has 0 saturated carbocycles. The first-order chi connectivity index (χ1) is 9.79. The Morgan fingerprint density at radius 2 is 1.50 bits per heavy atom. The van der Waals surface area contributed by atoms with E-state index in [9.17, 15) is 4.79 Å². The fraction of sp³-hybridized carbons (Fsp3) is 0.316. The largest absolute Gasteiger partial charge is 0.294 e. The zero-order valence-electron chi connectivity index (χ0n) is 12.1. The minimum Gasteiger partial charge on any atom is -0.294 e. The molecule has 0 saturated heterocycles. The molecular formula is C19H22O. The van der Waals surface area contributed by atoms with Crippen molar-refractivity contribution in [3.05, 3.63) is 71.3 Å². The number of rotatable bonds is 7. The Morgan fingerprint density at radius 1 is 0.850 bits per heavy atom. The van der Waals surface area contributed by atoms with Gasteiger partial charge in [0, 0.05) is 12.0 Å². The molecule has 2 rings (SSSR count). The van der Waals surface area contributed by atoms with Gasteiger partial charge in [-0.2, -0.15) is 0 Å². The summed E-state index contributed by atoms with van der Waals surface area (Å²) in [5, 5.41) is 0. The molecule has 20 heavy (non-hydrogen) atoms. The molecule has 1 nitrogen and oxygen atoms in total. The average molecular weight is 266 g/mol. The minimum absolute atomic E-state index is 0.185. The van der Waals surface area contributed by atoms with Crippen molar-refractivity contribution in [1.29, 1.82) is 0 Å². The number of unbranched alkanes of at least 4 members (excludes halogenated alkanes) is 2. The molecule has 0 heterocycles. The van der Waals surface area contributed by atoms with Gasteiger partial charge in [0.2, 0.25) is 0 Å². The Morgan fingerprint density at radius 3 is 2.15 bits per heavy atom. The molecule has 1 heteroatoms. The third kappa shape index (κ3) is 4.34. The molecule has 0 spiro atoms. The van der Waals surface area contributed by atoms with Crippen LogP contribution in [0.25, 0.3) is 0 Å². The summed E-state index contributed by atoms with van der Waals surface area (Å²) in [5.41, 5.74) is 3.26. The molecule has 104 valence electrons. The summed E-state index contributed by atoms with van der Waals surface area (Å²) < 4.78 is 0. The number of aryl methyl sites for hydroxylation is 1. The molecule has 0 unspecified atom stereocenters. The normalized spacial score (nSPS) is 10.4. The maximum Gasteiger partial charge on any atom is 0.167 e. The van der Waals surface area contributed by atoms with E-state index in [0.717, 1.165) is 17.5 Å². The maximum absolute atomic E-state index is 12.1. The van der Waals surface area contributed by atoms with Crippen LogP contribution in [0.4, 0.5) is 0 Å². The van der Waals surface area contributed by atoms with Crippen LogP contribution in [0.3, 0.4) is 0 Å². The Bertz CT molecular complexity index is 525. The highest BCUT2D eigenvalue weighted by Crippen LogP contribution is 2.11. The van der Waals surface area contributed by atoms with Gasteiger partial charge in [0.15, 0.2) is 5.78 Å². The number of carbonyl (C=O) groups is 1. The van der Waals surface area contributed by atoms with Gasteiger partial charge >= 0.3 is 0 Å².